The minimum Gasteiger partial charge on any atom is -0.471 e. The molecule has 0 spiro atoms. The monoisotopic (exact) mass is 279 g/mol. The summed E-state index contributed by atoms with van der Waals surface area (Å²) in [5, 5.41) is 5.07. The number of aromatic nitrogens is 2. The number of halogens is 1. The van der Waals surface area contributed by atoms with Crippen LogP contribution in [0.2, 0.25) is 5.02 Å². The van der Waals surface area contributed by atoms with Crippen molar-refractivity contribution in [3.05, 3.63) is 40.5 Å². The second-order valence-electron chi connectivity index (χ2n) is 4.46. The first-order chi connectivity index (χ1) is 9.11. The lowest BCUT2D eigenvalue weighted by molar-refractivity contribution is 0.280. The molecule has 0 atom stereocenters. The van der Waals surface area contributed by atoms with Crippen molar-refractivity contribution in [3.63, 3.8) is 0 Å². The first kappa shape index (κ1) is 13.7. The maximum absolute atomic E-state index is 6.05. The van der Waals surface area contributed by atoms with Crippen LogP contribution in [0.5, 0.6) is 5.88 Å². The van der Waals surface area contributed by atoms with Gasteiger partial charge in [-0.2, -0.15) is 5.10 Å². The molecule has 1 aromatic heterocycles. The van der Waals surface area contributed by atoms with E-state index >= 15 is 0 Å². The Morgan fingerprint density at radius 3 is 2.89 bits per heavy atom. The van der Waals surface area contributed by atoms with Crippen LogP contribution < -0.4 is 10.5 Å². The number of benzene rings is 1. The SMILES string of the molecule is CCCc1nn(C)c(OCc2cccc(Cl)c2)c1N. The molecule has 2 N–H and O–H groups in total. The molecule has 0 bridgehead atoms. The molecule has 5 heteroatoms. The number of rotatable bonds is 5. The Hall–Kier alpha value is -1.68. The average Bonchev–Trinajstić information content (AvgIpc) is 2.63. The number of anilines is 1. The third kappa shape index (κ3) is 3.20. The molecule has 102 valence electrons. The molecule has 0 aliphatic heterocycles. The lowest BCUT2D eigenvalue weighted by Crippen LogP contribution is -2.02. The summed E-state index contributed by atoms with van der Waals surface area (Å²) in [6, 6.07) is 7.57. The largest absolute Gasteiger partial charge is 0.471 e. The third-order valence-corrected chi connectivity index (χ3v) is 3.09. The standard InChI is InChI=1S/C14H18ClN3O/c1-3-5-12-13(16)14(18(2)17-12)19-9-10-6-4-7-11(15)8-10/h4,6-8H,3,5,9,16H2,1-2H3. The fourth-order valence-electron chi connectivity index (χ4n) is 1.95. The van der Waals surface area contributed by atoms with E-state index in [4.69, 9.17) is 22.1 Å². The van der Waals surface area contributed by atoms with Crippen LogP contribution in [0.15, 0.2) is 24.3 Å². The van der Waals surface area contributed by atoms with Crippen LogP contribution in [-0.2, 0) is 20.1 Å². The van der Waals surface area contributed by atoms with Gasteiger partial charge in [0.1, 0.15) is 12.3 Å². The lowest BCUT2D eigenvalue weighted by atomic mass is 10.2. The molecule has 1 aromatic carbocycles. The van der Waals surface area contributed by atoms with Gasteiger partial charge in [-0.25, -0.2) is 4.68 Å². The molecular weight excluding hydrogens is 262 g/mol. The van der Waals surface area contributed by atoms with Crippen LogP contribution in [0, 0.1) is 0 Å². The molecule has 2 rings (SSSR count). The maximum atomic E-state index is 6.05. The van der Waals surface area contributed by atoms with Gasteiger partial charge in [-0.1, -0.05) is 37.1 Å². The Morgan fingerprint density at radius 1 is 1.42 bits per heavy atom. The summed E-state index contributed by atoms with van der Waals surface area (Å²) in [5.74, 6) is 0.614. The van der Waals surface area contributed by atoms with Crippen molar-refractivity contribution < 1.29 is 4.74 Å². The molecule has 0 fully saturated rings. The van der Waals surface area contributed by atoms with E-state index in [2.05, 4.69) is 12.0 Å². The van der Waals surface area contributed by atoms with Crippen LogP contribution in [0.1, 0.15) is 24.6 Å². The quantitative estimate of drug-likeness (QED) is 0.914. The molecule has 0 saturated carbocycles. The van der Waals surface area contributed by atoms with Crippen molar-refractivity contribution >= 4 is 17.3 Å². The molecule has 0 aliphatic carbocycles. The van der Waals surface area contributed by atoms with Gasteiger partial charge in [-0.3, -0.25) is 0 Å². The number of ether oxygens (including phenoxy) is 1. The average molecular weight is 280 g/mol. The normalized spacial score (nSPS) is 10.7. The smallest absolute Gasteiger partial charge is 0.236 e. The molecular formula is C14H18ClN3O. The zero-order chi connectivity index (χ0) is 13.8. The number of aryl methyl sites for hydroxylation is 2. The van der Waals surface area contributed by atoms with Gasteiger partial charge in [-0.15, -0.1) is 0 Å². The van der Waals surface area contributed by atoms with Crippen LogP contribution in [0.4, 0.5) is 5.69 Å². The summed E-state index contributed by atoms with van der Waals surface area (Å²) in [4.78, 5) is 0. The maximum Gasteiger partial charge on any atom is 0.236 e. The van der Waals surface area contributed by atoms with E-state index in [1.54, 1.807) is 4.68 Å². The topological polar surface area (TPSA) is 53.1 Å². The van der Waals surface area contributed by atoms with Gasteiger partial charge in [0.15, 0.2) is 0 Å². The summed E-state index contributed by atoms with van der Waals surface area (Å²) < 4.78 is 7.44. The zero-order valence-electron chi connectivity index (χ0n) is 11.2. The zero-order valence-corrected chi connectivity index (χ0v) is 11.9. The molecule has 4 nitrogen and oxygen atoms in total. The van der Waals surface area contributed by atoms with Crippen molar-refractivity contribution in [3.8, 4) is 5.88 Å². The predicted molar refractivity (Wildman–Crippen MR) is 77.4 cm³/mol. The fraction of sp³-hybridized carbons (Fsp3) is 0.357. The van der Waals surface area contributed by atoms with Crippen LogP contribution >= 0.6 is 11.6 Å². The highest BCUT2D eigenvalue weighted by molar-refractivity contribution is 6.30. The summed E-state index contributed by atoms with van der Waals surface area (Å²) in [6.45, 7) is 2.52. The van der Waals surface area contributed by atoms with Gasteiger partial charge in [0, 0.05) is 12.1 Å². The number of nitrogens with zero attached hydrogens (tertiary/aromatic N) is 2. The lowest BCUT2D eigenvalue weighted by Gasteiger charge is -2.07. The van der Waals surface area contributed by atoms with Gasteiger partial charge in [0.05, 0.1) is 5.69 Å². The van der Waals surface area contributed by atoms with Crippen LogP contribution in [-0.4, -0.2) is 9.78 Å². The number of hydrogen-bond donors (Lipinski definition) is 1. The molecule has 0 radical (unpaired) electrons. The van der Waals surface area contributed by atoms with E-state index in [0.717, 1.165) is 24.1 Å². The molecule has 0 aliphatic rings. The van der Waals surface area contributed by atoms with Gasteiger partial charge in [-0.05, 0) is 24.1 Å². The highest BCUT2D eigenvalue weighted by Gasteiger charge is 2.13. The van der Waals surface area contributed by atoms with E-state index in [9.17, 15) is 0 Å². The molecule has 19 heavy (non-hydrogen) atoms. The third-order valence-electron chi connectivity index (χ3n) is 2.86. The van der Waals surface area contributed by atoms with E-state index < -0.39 is 0 Å². The number of nitrogens with two attached hydrogens (primary N) is 1. The highest BCUT2D eigenvalue weighted by Crippen LogP contribution is 2.26. The molecule has 0 amide bonds. The first-order valence-electron chi connectivity index (χ1n) is 6.30. The Balaban J connectivity index is 2.11. The molecule has 0 saturated heterocycles. The number of nitrogen functional groups attached to an aromatic ring is 1. The van der Waals surface area contributed by atoms with Gasteiger partial charge < -0.3 is 10.5 Å². The minimum absolute atomic E-state index is 0.426. The fourth-order valence-corrected chi connectivity index (χ4v) is 2.16. The first-order valence-corrected chi connectivity index (χ1v) is 6.68. The Morgan fingerprint density at radius 2 is 2.21 bits per heavy atom. The number of hydrogen-bond acceptors (Lipinski definition) is 3. The van der Waals surface area contributed by atoms with Crippen LogP contribution in [0.25, 0.3) is 0 Å². The molecule has 0 unspecified atom stereocenters. The van der Waals surface area contributed by atoms with E-state index in [-0.39, 0.29) is 0 Å². The summed E-state index contributed by atoms with van der Waals surface area (Å²) in [6.07, 6.45) is 1.87. The summed E-state index contributed by atoms with van der Waals surface area (Å²) in [5.41, 5.74) is 8.58. The highest BCUT2D eigenvalue weighted by atomic mass is 35.5. The van der Waals surface area contributed by atoms with E-state index in [0.29, 0.717) is 23.2 Å². The van der Waals surface area contributed by atoms with Crippen molar-refractivity contribution in [1.29, 1.82) is 0 Å². The summed E-state index contributed by atoms with van der Waals surface area (Å²) in [7, 11) is 1.84. The molecule has 1 heterocycles. The van der Waals surface area contributed by atoms with E-state index in [1.807, 2.05) is 31.3 Å². The van der Waals surface area contributed by atoms with Gasteiger partial charge in [0.2, 0.25) is 5.88 Å². The van der Waals surface area contributed by atoms with E-state index in [1.165, 1.54) is 0 Å². The van der Waals surface area contributed by atoms with Crippen molar-refractivity contribution in [2.45, 2.75) is 26.4 Å². The minimum atomic E-state index is 0.426. The van der Waals surface area contributed by atoms with Gasteiger partial charge in [0.25, 0.3) is 0 Å². The second-order valence-corrected chi connectivity index (χ2v) is 4.89. The Labute approximate surface area is 118 Å². The Bertz CT molecular complexity index is 566. The predicted octanol–water partition coefficient (Wildman–Crippen LogP) is 3.19. The van der Waals surface area contributed by atoms with Crippen molar-refractivity contribution in [2.24, 2.45) is 7.05 Å². The van der Waals surface area contributed by atoms with Crippen molar-refractivity contribution in [2.75, 3.05) is 5.73 Å². The summed E-state index contributed by atoms with van der Waals surface area (Å²) >= 11 is 5.94. The van der Waals surface area contributed by atoms with Crippen LogP contribution in [0.3, 0.4) is 0 Å². The van der Waals surface area contributed by atoms with Gasteiger partial charge >= 0.3 is 0 Å². The Kier molecular flexibility index (Phi) is 4.32. The molecule has 2 aromatic rings. The second kappa shape index (κ2) is 5.97. The van der Waals surface area contributed by atoms with Crippen molar-refractivity contribution in [1.82, 2.24) is 9.78 Å².